The Balaban J connectivity index is 0.00000261. The minimum atomic E-state index is 0. The lowest BCUT2D eigenvalue weighted by molar-refractivity contribution is 0.119. The van der Waals surface area contributed by atoms with E-state index < -0.39 is 0 Å². The number of guanidine groups is 1. The lowest BCUT2D eigenvalue weighted by Crippen LogP contribution is -2.42. The van der Waals surface area contributed by atoms with Crippen LogP contribution in [0.25, 0.3) is 0 Å². The molecule has 2 unspecified atom stereocenters. The molecular weight excluding hydrogens is 475 g/mol. The number of aromatic nitrogens is 1. The Hall–Kier alpha value is -1.39. The van der Waals surface area contributed by atoms with Crippen LogP contribution in [0.1, 0.15) is 29.3 Å². The van der Waals surface area contributed by atoms with E-state index in [1.54, 1.807) is 25.5 Å². The molecule has 148 valence electrons. The van der Waals surface area contributed by atoms with E-state index in [-0.39, 0.29) is 36.2 Å². The van der Waals surface area contributed by atoms with E-state index in [0.717, 1.165) is 28.8 Å². The molecule has 1 aliphatic heterocycles. The standard InChI is InChI=1S/C19H26N4O2S.HI/c1-13(24-4)18-22-15(12-26-18)11-23(3)19(20-2)21-10-16-9-14-7-5-6-8-17(14)25-16;/h5-8,12-13,16H,9-11H2,1-4H3,(H,20,21);1H. The number of methoxy groups -OCH3 is 1. The van der Waals surface area contributed by atoms with Gasteiger partial charge in [0.25, 0.3) is 0 Å². The van der Waals surface area contributed by atoms with Gasteiger partial charge >= 0.3 is 0 Å². The van der Waals surface area contributed by atoms with E-state index in [4.69, 9.17) is 9.47 Å². The molecule has 0 saturated carbocycles. The summed E-state index contributed by atoms with van der Waals surface area (Å²) in [6, 6.07) is 8.21. The molecule has 2 aromatic rings. The fraction of sp³-hybridized carbons (Fsp3) is 0.474. The number of benzene rings is 1. The third kappa shape index (κ3) is 5.55. The lowest BCUT2D eigenvalue weighted by Gasteiger charge is -2.22. The zero-order chi connectivity index (χ0) is 18.5. The van der Waals surface area contributed by atoms with Crippen LogP contribution < -0.4 is 10.1 Å². The first-order valence-electron chi connectivity index (χ1n) is 8.74. The minimum absolute atomic E-state index is 0. The average molecular weight is 502 g/mol. The monoisotopic (exact) mass is 502 g/mol. The molecule has 1 aromatic heterocycles. The Kier molecular flexibility index (Phi) is 8.30. The topological polar surface area (TPSA) is 59.0 Å². The Labute approximate surface area is 182 Å². The summed E-state index contributed by atoms with van der Waals surface area (Å²) in [7, 11) is 5.51. The Bertz CT molecular complexity index is 743. The van der Waals surface area contributed by atoms with E-state index in [0.29, 0.717) is 13.1 Å². The summed E-state index contributed by atoms with van der Waals surface area (Å²) < 4.78 is 11.3. The number of hydrogen-bond acceptors (Lipinski definition) is 5. The van der Waals surface area contributed by atoms with Crippen LogP contribution in [0.3, 0.4) is 0 Å². The largest absolute Gasteiger partial charge is 0.488 e. The van der Waals surface area contributed by atoms with Gasteiger partial charge in [-0.1, -0.05) is 18.2 Å². The minimum Gasteiger partial charge on any atom is -0.488 e. The maximum atomic E-state index is 5.98. The molecule has 0 fully saturated rings. The summed E-state index contributed by atoms with van der Waals surface area (Å²) >= 11 is 1.63. The Morgan fingerprint density at radius 1 is 1.48 bits per heavy atom. The van der Waals surface area contributed by atoms with Crippen molar-refractivity contribution in [1.29, 1.82) is 0 Å². The van der Waals surface area contributed by atoms with Gasteiger partial charge in [0.2, 0.25) is 0 Å². The zero-order valence-electron chi connectivity index (χ0n) is 16.1. The Morgan fingerprint density at radius 3 is 2.96 bits per heavy atom. The molecule has 27 heavy (non-hydrogen) atoms. The van der Waals surface area contributed by atoms with Crippen LogP contribution in [-0.2, 0) is 17.7 Å². The normalized spacial score (nSPS) is 16.9. The van der Waals surface area contributed by atoms with E-state index in [2.05, 4.69) is 37.7 Å². The highest BCUT2D eigenvalue weighted by atomic mass is 127. The van der Waals surface area contributed by atoms with Gasteiger partial charge in [0, 0.05) is 33.0 Å². The summed E-state index contributed by atoms with van der Waals surface area (Å²) in [6.07, 6.45) is 1.08. The number of ether oxygens (including phenoxy) is 2. The van der Waals surface area contributed by atoms with Crippen molar-refractivity contribution in [2.75, 3.05) is 27.7 Å². The van der Waals surface area contributed by atoms with Gasteiger partial charge in [-0.3, -0.25) is 4.99 Å². The number of aliphatic imine (C=N–C) groups is 1. The molecule has 6 nitrogen and oxygen atoms in total. The van der Waals surface area contributed by atoms with E-state index >= 15 is 0 Å². The van der Waals surface area contributed by atoms with Crippen molar-refractivity contribution >= 4 is 41.3 Å². The number of nitrogens with one attached hydrogen (secondary N) is 1. The first-order valence-corrected chi connectivity index (χ1v) is 9.62. The number of hydrogen-bond donors (Lipinski definition) is 1. The molecule has 0 saturated heterocycles. The van der Waals surface area contributed by atoms with Crippen molar-refractivity contribution < 1.29 is 9.47 Å². The van der Waals surface area contributed by atoms with Crippen LogP contribution >= 0.6 is 35.3 Å². The van der Waals surface area contributed by atoms with E-state index in [1.165, 1.54) is 5.56 Å². The van der Waals surface area contributed by atoms with Crippen molar-refractivity contribution in [2.45, 2.75) is 32.1 Å². The molecule has 1 aliphatic rings. The first kappa shape index (κ1) is 21.9. The summed E-state index contributed by atoms with van der Waals surface area (Å²) in [6.45, 7) is 3.42. The Morgan fingerprint density at radius 2 is 2.26 bits per heavy atom. The first-order chi connectivity index (χ1) is 12.6. The molecule has 0 radical (unpaired) electrons. The summed E-state index contributed by atoms with van der Waals surface area (Å²) in [4.78, 5) is 11.1. The van der Waals surface area contributed by atoms with Gasteiger partial charge in [0.15, 0.2) is 5.96 Å². The predicted molar refractivity (Wildman–Crippen MR) is 120 cm³/mol. The van der Waals surface area contributed by atoms with Gasteiger partial charge < -0.3 is 19.7 Å². The number of halogens is 1. The third-order valence-electron chi connectivity index (χ3n) is 4.45. The highest BCUT2D eigenvalue weighted by molar-refractivity contribution is 14.0. The quantitative estimate of drug-likeness (QED) is 0.373. The SMILES string of the molecule is CN=C(NCC1Cc2ccccc2O1)N(C)Cc1csc(C(C)OC)n1.I. The number of nitrogens with zero attached hydrogens (tertiary/aromatic N) is 3. The van der Waals surface area contributed by atoms with Crippen LogP contribution in [0, 0.1) is 0 Å². The average Bonchev–Trinajstić information content (AvgIpc) is 3.28. The van der Waals surface area contributed by atoms with Crippen molar-refractivity contribution in [3.63, 3.8) is 0 Å². The number of para-hydroxylation sites is 1. The number of thiazole rings is 1. The highest BCUT2D eigenvalue weighted by Crippen LogP contribution is 2.27. The molecule has 3 rings (SSSR count). The maximum absolute atomic E-state index is 5.98. The molecule has 1 N–H and O–H groups in total. The summed E-state index contributed by atoms with van der Waals surface area (Å²) in [5.74, 6) is 1.82. The molecule has 0 aliphatic carbocycles. The van der Waals surface area contributed by atoms with Crippen molar-refractivity contribution in [3.05, 3.63) is 45.9 Å². The second-order valence-electron chi connectivity index (χ2n) is 6.39. The molecule has 2 heterocycles. The third-order valence-corrected chi connectivity index (χ3v) is 5.50. The van der Waals surface area contributed by atoms with E-state index in [9.17, 15) is 0 Å². The van der Waals surface area contributed by atoms with Crippen molar-refractivity contribution in [3.8, 4) is 5.75 Å². The van der Waals surface area contributed by atoms with Crippen LogP contribution in [-0.4, -0.2) is 49.7 Å². The second-order valence-corrected chi connectivity index (χ2v) is 7.28. The molecular formula is C19H27IN4O2S. The molecule has 0 bridgehead atoms. The van der Waals surface area contributed by atoms with Crippen LogP contribution in [0.4, 0.5) is 0 Å². The van der Waals surface area contributed by atoms with Gasteiger partial charge in [-0.05, 0) is 18.6 Å². The summed E-state index contributed by atoms with van der Waals surface area (Å²) in [5, 5.41) is 6.48. The smallest absolute Gasteiger partial charge is 0.193 e. The fourth-order valence-corrected chi connectivity index (χ4v) is 3.80. The van der Waals surface area contributed by atoms with Gasteiger partial charge in [-0.2, -0.15) is 0 Å². The van der Waals surface area contributed by atoms with Gasteiger partial charge in [-0.15, -0.1) is 35.3 Å². The van der Waals surface area contributed by atoms with Gasteiger partial charge in [0.05, 0.1) is 18.8 Å². The van der Waals surface area contributed by atoms with Crippen LogP contribution in [0.15, 0.2) is 34.6 Å². The molecule has 0 amide bonds. The van der Waals surface area contributed by atoms with Crippen molar-refractivity contribution in [2.24, 2.45) is 4.99 Å². The van der Waals surface area contributed by atoms with Gasteiger partial charge in [-0.25, -0.2) is 4.98 Å². The van der Waals surface area contributed by atoms with Gasteiger partial charge in [0.1, 0.15) is 23.0 Å². The van der Waals surface area contributed by atoms with Crippen LogP contribution in [0.2, 0.25) is 0 Å². The van der Waals surface area contributed by atoms with Crippen molar-refractivity contribution in [1.82, 2.24) is 15.2 Å². The van der Waals surface area contributed by atoms with Crippen LogP contribution in [0.5, 0.6) is 5.75 Å². The molecule has 0 spiro atoms. The predicted octanol–water partition coefficient (Wildman–Crippen LogP) is 3.48. The fourth-order valence-electron chi connectivity index (χ4n) is 2.96. The number of fused-ring (bicyclic) bond motifs is 1. The molecule has 1 aromatic carbocycles. The summed E-state index contributed by atoms with van der Waals surface area (Å²) in [5.41, 5.74) is 2.29. The second kappa shape index (κ2) is 10.2. The molecule has 2 atom stereocenters. The lowest BCUT2D eigenvalue weighted by atomic mass is 10.1. The zero-order valence-corrected chi connectivity index (χ0v) is 19.3. The maximum Gasteiger partial charge on any atom is 0.193 e. The number of rotatable bonds is 6. The van der Waals surface area contributed by atoms with E-state index in [1.807, 2.05) is 26.1 Å². The molecule has 8 heteroatoms. The highest BCUT2D eigenvalue weighted by Gasteiger charge is 2.23.